The number of carbonyl (C=O) groups is 1. The van der Waals surface area contributed by atoms with Crippen LogP contribution in [0.2, 0.25) is 0 Å². The van der Waals surface area contributed by atoms with Gasteiger partial charge in [0, 0.05) is 0 Å². The second kappa shape index (κ2) is 11.5. The Balaban J connectivity index is 2.95. The van der Waals surface area contributed by atoms with Crippen LogP contribution in [0.1, 0.15) is 64.7 Å². The Morgan fingerprint density at radius 2 is 1.50 bits per heavy atom. The van der Waals surface area contributed by atoms with Gasteiger partial charge in [0.25, 0.3) is 0 Å². The third kappa shape index (κ3) is 10.5. The van der Waals surface area contributed by atoms with E-state index in [1.165, 1.54) is 51.4 Å². The highest BCUT2D eigenvalue weighted by molar-refractivity contribution is 14.1. The van der Waals surface area contributed by atoms with E-state index in [0.717, 1.165) is 12.7 Å². The van der Waals surface area contributed by atoms with Gasteiger partial charge in [-0.3, -0.25) is 0 Å². The van der Waals surface area contributed by atoms with E-state index >= 15 is 0 Å². The molecule has 0 aliphatic carbocycles. The van der Waals surface area contributed by atoms with Crippen molar-refractivity contribution < 1.29 is 4.79 Å². The molecular formula is C12H23IO. The number of carbonyl (C=O) groups excluding carboxylic acids is 1. The van der Waals surface area contributed by atoms with E-state index in [9.17, 15) is 4.79 Å². The highest BCUT2D eigenvalue weighted by Gasteiger charge is 1.99. The molecule has 0 amide bonds. The molecule has 0 aromatic heterocycles. The van der Waals surface area contributed by atoms with Crippen molar-refractivity contribution >= 4 is 28.9 Å². The fourth-order valence-electron chi connectivity index (χ4n) is 1.54. The molecule has 0 saturated carbocycles. The first-order valence-corrected chi connectivity index (χ1v) is 7.15. The number of hydrogen-bond donors (Lipinski definition) is 0. The van der Waals surface area contributed by atoms with E-state index in [1.54, 1.807) is 0 Å². The van der Waals surface area contributed by atoms with Crippen LogP contribution in [0.25, 0.3) is 0 Å². The molecule has 1 nitrogen and oxygen atoms in total. The molecule has 0 radical (unpaired) electrons. The van der Waals surface area contributed by atoms with Crippen LogP contribution in [0, 0.1) is 0 Å². The fourth-order valence-corrected chi connectivity index (χ4v) is 1.98. The van der Waals surface area contributed by atoms with E-state index in [4.69, 9.17) is 0 Å². The van der Waals surface area contributed by atoms with Crippen molar-refractivity contribution in [1.29, 1.82) is 0 Å². The van der Waals surface area contributed by atoms with Crippen molar-refractivity contribution in [3.8, 4) is 0 Å². The normalized spacial score (nSPS) is 12.7. The lowest BCUT2D eigenvalue weighted by Crippen LogP contribution is -1.97. The third-order valence-electron chi connectivity index (χ3n) is 2.48. The Labute approximate surface area is 102 Å². The summed E-state index contributed by atoms with van der Waals surface area (Å²) in [5.41, 5.74) is 0. The van der Waals surface area contributed by atoms with Gasteiger partial charge in [0.05, 0.1) is 3.92 Å². The number of alkyl halides is 1. The van der Waals surface area contributed by atoms with Crippen LogP contribution < -0.4 is 0 Å². The molecule has 0 fully saturated rings. The Hall–Kier alpha value is 0.400. The third-order valence-corrected chi connectivity index (χ3v) is 3.40. The summed E-state index contributed by atoms with van der Waals surface area (Å²) in [5, 5.41) is 0. The number of hydrogen-bond acceptors (Lipinski definition) is 1. The van der Waals surface area contributed by atoms with E-state index < -0.39 is 0 Å². The smallest absolute Gasteiger partial charge is 0.132 e. The van der Waals surface area contributed by atoms with Crippen molar-refractivity contribution in [1.82, 2.24) is 0 Å². The van der Waals surface area contributed by atoms with Crippen LogP contribution in [0.15, 0.2) is 0 Å². The van der Waals surface area contributed by atoms with Gasteiger partial charge >= 0.3 is 0 Å². The first-order valence-electron chi connectivity index (χ1n) is 5.90. The molecule has 0 saturated heterocycles. The minimum atomic E-state index is 0.243. The van der Waals surface area contributed by atoms with Gasteiger partial charge in [-0.25, -0.2) is 0 Å². The van der Waals surface area contributed by atoms with Crippen LogP contribution in [-0.2, 0) is 4.79 Å². The minimum Gasteiger partial charge on any atom is -0.302 e. The lowest BCUT2D eigenvalue weighted by molar-refractivity contribution is -0.107. The summed E-state index contributed by atoms with van der Waals surface area (Å²) in [5.74, 6) is 0. The predicted octanol–water partition coefficient (Wildman–Crippen LogP) is 4.52. The van der Waals surface area contributed by atoms with Crippen LogP contribution in [0.5, 0.6) is 0 Å². The maximum Gasteiger partial charge on any atom is 0.132 e. The Morgan fingerprint density at radius 1 is 1.00 bits per heavy atom. The van der Waals surface area contributed by atoms with Crippen LogP contribution in [0.3, 0.4) is 0 Å². The summed E-state index contributed by atoms with van der Waals surface area (Å²) < 4.78 is 0.243. The van der Waals surface area contributed by atoms with Gasteiger partial charge in [0.2, 0.25) is 0 Å². The molecule has 1 unspecified atom stereocenters. The van der Waals surface area contributed by atoms with Gasteiger partial charge in [-0.05, 0) is 6.42 Å². The number of rotatable bonds is 10. The summed E-state index contributed by atoms with van der Waals surface area (Å²) in [6, 6.07) is 0. The van der Waals surface area contributed by atoms with Gasteiger partial charge in [-0.2, -0.15) is 0 Å². The summed E-state index contributed by atoms with van der Waals surface area (Å²) in [6.45, 7) is 2.25. The van der Waals surface area contributed by atoms with Crippen LogP contribution >= 0.6 is 22.6 Å². The Bertz CT molecular complexity index is 125. The van der Waals surface area contributed by atoms with E-state index in [1.807, 2.05) is 0 Å². The highest BCUT2D eigenvalue weighted by atomic mass is 127. The molecule has 0 heterocycles. The number of unbranched alkanes of at least 4 members (excludes halogenated alkanes) is 7. The fraction of sp³-hybridized carbons (Fsp3) is 0.917. The maximum atomic E-state index is 10.3. The van der Waals surface area contributed by atoms with Gasteiger partial charge in [-0.1, -0.05) is 80.9 Å². The monoisotopic (exact) mass is 310 g/mol. The molecule has 0 aliphatic rings. The highest BCUT2D eigenvalue weighted by Crippen LogP contribution is 2.12. The Kier molecular flexibility index (Phi) is 11.8. The largest absolute Gasteiger partial charge is 0.302 e. The summed E-state index contributed by atoms with van der Waals surface area (Å²) >= 11 is 2.22. The van der Waals surface area contributed by atoms with E-state index in [2.05, 4.69) is 29.5 Å². The zero-order valence-corrected chi connectivity index (χ0v) is 11.5. The summed E-state index contributed by atoms with van der Waals surface area (Å²) in [4.78, 5) is 10.3. The molecule has 0 spiro atoms. The molecular weight excluding hydrogens is 287 g/mol. The zero-order chi connectivity index (χ0) is 10.6. The second-order valence-corrected chi connectivity index (χ2v) is 5.52. The SMILES string of the molecule is CCCCCCCCCCC(I)C=O. The Morgan fingerprint density at radius 3 is 2.00 bits per heavy atom. The number of aldehydes is 1. The van der Waals surface area contributed by atoms with Gasteiger partial charge < -0.3 is 4.79 Å². The number of halogens is 1. The van der Waals surface area contributed by atoms with Crippen LogP contribution in [-0.4, -0.2) is 10.2 Å². The van der Waals surface area contributed by atoms with Crippen molar-refractivity contribution in [2.24, 2.45) is 0 Å². The van der Waals surface area contributed by atoms with Crippen molar-refractivity contribution in [3.63, 3.8) is 0 Å². The first kappa shape index (κ1) is 14.4. The molecule has 0 aliphatic heterocycles. The minimum absolute atomic E-state index is 0.243. The topological polar surface area (TPSA) is 17.1 Å². The molecule has 0 bridgehead atoms. The zero-order valence-electron chi connectivity index (χ0n) is 9.30. The molecule has 0 rings (SSSR count). The molecule has 84 valence electrons. The quantitative estimate of drug-likeness (QED) is 0.251. The van der Waals surface area contributed by atoms with E-state index in [0.29, 0.717) is 0 Å². The molecule has 14 heavy (non-hydrogen) atoms. The predicted molar refractivity (Wildman–Crippen MR) is 71.1 cm³/mol. The lowest BCUT2D eigenvalue weighted by atomic mass is 10.1. The second-order valence-electron chi connectivity index (χ2n) is 3.92. The molecule has 0 N–H and O–H groups in total. The van der Waals surface area contributed by atoms with Gasteiger partial charge in [0.1, 0.15) is 6.29 Å². The molecule has 0 aromatic rings. The van der Waals surface area contributed by atoms with Crippen LogP contribution in [0.4, 0.5) is 0 Å². The van der Waals surface area contributed by atoms with Crippen molar-refractivity contribution in [3.05, 3.63) is 0 Å². The van der Waals surface area contributed by atoms with Gasteiger partial charge in [0.15, 0.2) is 0 Å². The molecule has 0 aromatic carbocycles. The van der Waals surface area contributed by atoms with Crippen molar-refractivity contribution in [2.45, 2.75) is 68.6 Å². The summed E-state index contributed by atoms with van der Waals surface area (Å²) in [6.07, 6.45) is 12.9. The molecule has 1 atom stereocenters. The van der Waals surface area contributed by atoms with E-state index in [-0.39, 0.29) is 3.92 Å². The average molecular weight is 310 g/mol. The molecule has 2 heteroatoms. The first-order chi connectivity index (χ1) is 6.81. The maximum absolute atomic E-state index is 10.3. The summed E-state index contributed by atoms with van der Waals surface area (Å²) in [7, 11) is 0. The van der Waals surface area contributed by atoms with Crippen molar-refractivity contribution in [2.75, 3.05) is 0 Å². The average Bonchev–Trinajstić information content (AvgIpc) is 2.21. The van der Waals surface area contributed by atoms with Gasteiger partial charge in [-0.15, -0.1) is 0 Å². The standard InChI is InChI=1S/C12H23IO/c1-2-3-4-5-6-7-8-9-10-12(13)11-14/h11-12H,2-10H2,1H3. The lowest BCUT2D eigenvalue weighted by Gasteiger charge is -2.02.